The standard InChI is InChI=1S/C17H20N2O3S/c1-11-4-5-12(2)17(8-11)23(20,21)19-18-10-14-6-7-16(22-14)15-9-13(15)3/h4-8,10,13,15,19H,9H2,1-3H3/b18-10-/t13-,15-/m0/s1. The van der Waals surface area contributed by atoms with Crippen molar-refractivity contribution in [1.82, 2.24) is 4.83 Å². The molecule has 1 aromatic carbocycles. The Balaban J connectivity index is 1.71. The lowest BCUT2D eigenvalue weighted by molar-refractivity contribution is 0.500. The zero-order valence-corrected chi connectivity index (χ0v) is 14.2. The van der Waals surface area contributed by atoms with Crippen LogP contribution in [0.3, 0.4) is 0 Å². The largest absolute Gasteiger partial charge is 0.460 e. The summed E-state index contributed by atoms with van der Waals surface area (Å²) in [6, 6.07) is 9.02. The van der Waals surface area contributed by atoms with Gasteiger partial charge in [-0.1, -0.05) is 19.1 Å². The maximum Gasteiger partial charge on any atom is 0.276 e. The number of hydrogen-bond donors (Lipinski definition) is 1. The van der Waals surface area contributed by atoms with Gasteiger partial charge in [-0.15, -0.1) is 0 Å². The summed E-state index contributed by atoms with van der Waals surface area (Å²) in [7, 11) is -3.68. The molecule has 1 heterocycles. The third kappa shape index (κ3) is 3.47. The quantitative estimate of drug-likeness (QED) is 0.674. The van der Waals surface area contributed by atoms with Gasteiger partial charge in [-0.05, 0) is 55.5 Å². The van der Waals surface area contributed by atoms with Crippen LogP contribution in [0.25, 0.3) is 0 Å². The van der Waals surface area contributed by atoms with Gasteiger partial charge in [0.15, 0.2) is 0 Å². The molecule has 0 bridgehead atoms. The van der Waals surface area contributed by atoms with Crippen LogP contribution < -0.4 is 4.83 Å². The van der Waals surface area contributed by atoms with Crippen molar-refractivity contribution in [3.05, 3.63) is 53.0 Å². The molecule has 0 aliphatic heterocycles. The normalized spacial score (nSPS) is 20.8. The molecule has 122 valence electrons. The molecule has 6 heteroatoms. The fraction of sp³-hybridized carbons (Fsp3) is 0.353. The molecule has 1 saturated carbocycles. The van der Waals surface area contributed by atoms with Crippen LogP contribution in [-0.2, 0) is 10.0 Å². The van der Waals surface area contributed by atoms with Gasteiger partial charge in [-0.25, -0.2) is 0 Å². The van der Waals surface area contributed by atoms with Gasteiger partial charge in [0.25, 0.3) is 10.0 Å². The van der Waals surface area contributed by atoms with Crippen LogP contribution in [0.4, 0.5) is 0 Å². The molecule has 2 atom stereocenters. The Bertz CT molecular complexity index is 852. The highest BCUT2D eigenvalue weighted by Crippen LogP contribution is 2.47. The predicted octanol–water partition coefficient (Wildman–Crippen LogP) is 3.33. The summed E-state index contributed by atoms with van der Waals surface area (Å²) in [6.07, 6.45) is 2.53. The van der Waals surface area contributed by atoms with E-state index in [0.29, 0.717) is 23.2 Å². The fourth-order valence-electron chi connectivity index (χ4n) is 2.56. The summed E-state index contributed by atoms with van der Waals surface area (Å²) in [6.45, 7) is 5.79. The number of hydrogen-bond acceptors (Lipinski definition) is 4. The van der Waals surface area contributed by atoms with Crippen LogP contribution in [0, 0.1) is 19.8 Å². The molecule has 1 fully saturated rings. The molecule has 1 aromatic heterocycles. The van der Waals surface area contributed by atoms with Crippen molar-refractivity contribution in [2.45, 2.75) is 38.0 Å². The van der Waals surface area contributed by atoms with Crippen molar-refractivity contribution < 1.29 is 12.8 Å². The van der Waals surface area contributed by atoms with Crippen LogP contribution in [0.2, 0.25) is 0 Å². The smallest absolute Gasteiger partial charge is 0.276 e. The second-order valence-electron chi connectivity index (χ2n) is 6.18. The first-order chi connectivity index (χ1) is 10.9. The number of sulfonamides is 1. The molecule has 23 heavy (non-hydrogen) atoms. The number of aryl methyl sites for hydroxylation is 2. The van der Waals surface area contributed by atoms with Crippen molar-refractivity contribution in [1.29, 1.82) is 0 Å². The molecule has 1 aliphatic carbocycles. The monoisotopic (exact) mass is 332 g/mol. The minimum atomic E-state index is -3.68. The Hall–Kier alpha value is -2.08. The third-order valence-corrected chi connectivity index (χ3v) is 5.48. The molecule has 0 spiro atoms. The molecule has 5 nitrogen and oxygen atoms in total. The summed E-state index contributed by atoms with van der Waals surface area (Å²) < 4.78 is 30.3. The highest BCUT2D eigenvalue weighted by molar-refractivity contribution is 7.89. The van der Waals surface area contributed by atoms with E-state index >= 15 is 0 Å². The van der Waals surface area contributed by atoms with Gasteiger partial charge in [-0.2, -0.15) is 18.4 Å². The van der Waals surface area contributed by atoms with Gasteiger partial charge >= 0.3 is 0 Å². The molecule has 0 unspecified atom stereocenters. The van der Waals surface area contributed by atoms with Crippen LogP contribution >= 0.6 is 0 Å². The van der Waals surface area contributed by atoms with Crippen molar-refractivity contribution >= 4 is 16.2 Å². The summed E-state index contributed by atoms with van der Waals surface area (Å²) in [4.78, 5) is 2.47. The third-order valence-electron chi connectivity index (χ3n) is 4.12. The van der Waals surface area contributed by atoms with E-state index < -0.39 is 10.0 Å². The number of hydrazone groups is 1. The van der Waals surface area contributed by atoms with E-state index in [0.717, 1.165) is 17.7 Å². The van der Waals surface area contributed by atoms with E-state index in [9.17, 15) is 8.42 Å². The SMILES string of the molecule is Cc1ccc(C)c(S(=O)(=O)N/N=C\c2ccc([C@H]3C[C@@H]3C)o2)c1. The summed E-state index contributed by atoms with van der Waals surface area (Å²) in [5.41, 5.74) is 1.57. The topological polar surface area (TPSA) is 71.7 Å². The van der Waals surface area contributed by atoms with Crippen LogP contribution in [0.5, 0.6) is 0 Å². The highest BCUT2D eigenvalue weighted by atomic mass is 32.2. The van der Waals surface area contributed by atoms with Crippen molar-refractivity contribution in [2.75, 3.05) is 0 Å². The number of furan rings is 1. The van der Waals surface area contributed by atoms with E-state index in [2.05, 4.69) is 16.9 Å². The Labute approximate surface area is 136 Å². The van der Waals surface area contributed by atoms with Gasteiger partial charge in [0, 0.05) is 5.92 Å². The maximum atomic E-state index is 12.3. The fourth-order valence-corrected chi connectivity index (χ4v) is 3.68. The van der Waals surface area contributed by atoms with Crippen LogP contribution in [-0.4, -0.2) is 14.6 Å². The summed E-state index contributed by atoms with van der Waals surface area (Å²) in [5, 5.41) is 3.82. The number of benzene rings is 1. The average molecular weight is 332 g/mol. The predicted molar refractivity (Wildman–Crippen MR) is 89.1 cm³/mol. The van der Waals surface area contributed by atoms with E-state index in [4.69, 9.17) is 4.42 Å². The van der Waals surface area contributed by atoms with Gasteiger partial charge in [0.1, 0.15) is 11.5 Å². The minimum absolute atomic E-state index is 0.238. The van der Waals surface area contributed by atoms with E-state index in [-0.39, 0.29) is 4.90 Å². The Morgan fingerprint density at radius 3 is 2.70 bits per heavy atom. The molecule has 1 aliphatic rings. The van der Waals surface area contributed by atoms with Crippen LogP contribution in [0.15, 0.2) is 44.7 Å². The lowest BCUT2D eigenvalue weighted by Gasteiger charge is -2.07. The van der Waals surface area contributed by atoms with Crippen molar-refractivity contribution in [3.8, 4) is 0 Å². The second kappa shape index (κ2) is 5.85. The lowest BCUT2D eigenvalue weighted by Crippen LogP contribution is -2.19. The Morgan fingerprint density at radius 1 is 1.26 bits per heavy atom. The molecule has 3 rings (SSSR count). The zero-order valence-electron chi connectivity index (χ0n) is 13.4. The van der Waals surface area contributed by atoms with Gasteiger partial charge in [-0.3, -0.25) is 0 Å². The molecule has 0 saturated heterocycles. The van der Waals surface area contributed by atoms with Gasteiger partial charge in [0.05, 0.1) is 11.1 Å². The summed E-state index contributed by atoms with van der Waals surface area (Å²) in [5.74, 6) is 2.64. The molecular formula is C17H20N2O3S. The number of nitrogens with one attached hydrogen (secondary N) is 1. The number of nitrogens with zero attached hydrogens (tertiary/aromatic N) is 1. The summed E-state index contributed by atoms with van der Waals surface area (Å²) >= 11 is 0. The Morgan fingerprint density at radius 2 is 2.00 bits per heavy atom. The van der Waals surface area contributed by atoms with Crippen LogP contribution in [0.1, 0.15) is 41.9 Å². The zero-order chi connectivity index (χ0) is 16.6. The molecule has 0 amide bonds. The van der Waals surface area contributed by atoms with E-state index in [1.807, 2.05) is 19.1 Å². The molecule has 1 N–H and O–H groups in total. The molecule has 2 aromatic rings. The van der Waals surface area contributed by atoms with E-state index in [1.54, 1.807) is 25.1 Å². The lowest BCUT2D eigenvalue weighted by atomic mass is 10.2. The van der Waals surface area contributed by atoms with Crippen molar-refractivity contribution in [3.63, 3.8) is 0 Å². The molecular weight excluding hydrogens is 312 g/mol. The van der Waals surface area contributed by atoms with E-state index in [1.165, 1.54) is 6.21 Å². The average Bonchev–Trinajstić information content (AvgIpc) is 3.04. The first-order valence-corrected chi connectivity index (χ1v) is 9.07. The minimum Gasteiger partial charge on any atom is -0.460 e. The van der Waals surface area contributed by atoms with Gasteiger partial charge < -0.3 is 4.42 Å². The Kier molecular flexibility index (Phi) is 4.02. The number of rotatable bonds is 5. The molecule has 0 radical (unpaired) electrons. The first kappa shape index (κ1) is 15.8. The van der Waals surface area contributed by atoms with Gasteiger partial charge in [0.2, 0.25) is 0 Å². The highest BCUT2D eigenvalue weighted by Gasteiger charge is 2.36. The first-order valence-electron chi connectivity index (χ1n) is 7.58. The second-order valence-corrected chi connectivity index (χ2v) is 7.81. The van der Waals surface area contributed by atoms with Crippen molar-refractivity contribution in [2.24, 2.45) is 11.0 Å². The maximum absolute atomic E-state index is 12.3.